The molecule has 0 saturated carbocycles. The second-order valence-corrected chi connectivity index (χ2v) is 4.40. The van der Waals surface area contributed by atoms with Gasteiger partial charge in [0.2, 0.25) is 0 Å². The molecule has 0 radical (unpaired) electrons. The molecule has 0 aliphatic carbocycles. The number of rotatable bonds is 5. The minimum atomic E-state index is -0.364. The summed E-state index contributed by atoms with van der Waals surface area (Å²) in [5.74, 6) is -0.364. The van der Waals surface area contributed by atoms with Gasteiger partial charge in [-0.3, -0.25) is 0 Å². The molecular formula is C15H18N2O3. The van der Waals surface area contributed by atoms with Crippen LogP contribution in [0.15, 0.2) is 30.3 Å². The van der Waals surface area contributed by atoms with Crippen molar-refractivity contribution in [2.75, 3.05) is 6.61 Å². The van der Waals surface area contributed by atoms with E-state index in [4.69, 9.17) is 9.57 Å². The lowest BCUT2D eigenvalue weighted by atomic mass is 10.2. The Labute approximate surface area is 118 Å². The van der Waals surface area contributed by atoms with E-state index in [2.05, 4.69) is 5.10 Å². The maximum absolute atomic E-state index is 11.8. The number of carbonyl (C=O) groups is 1. The Morgan fingerprint density at radius 3 is 2.60 bits per heavy atom. The van der Waals surface area contributed by atoms with Gasteiger partial charge in [0, 0.05) is 0 Å². The number of hydrogen-bond acceptors (Lipinski definition) is 4. The van der Waals surface area contributed by atoms with Gasteiger partial charge in [-0.2, -0.15) is 0 Å². The highest BCUT2D eigenvalue weighted by molar-refractivity contribution is 5.91. The van der Waals surface area contributed by atoms with Gasteiger partial charge in [-0.15, -0.1) is 9.94 Å². The summed E-state index contributed by atoms with van der Waals surface area (Å²) >= 11 is 0. The molecule has 0 atom stereocenters. The summed E-state index contributed by atoms with van der Waals surface area (Å²) in [5.41, 5.74) is 2.77. The van der Waals surface area contributed by atoms with Crippen LogP contribution in [0.5, 0.6) is 0 Å². The Kier molecular flexibility index (Phi) is 4.40. The molecule has 0 unspecified atom stereocenters. The first-order chi connectivity index (χ1) is 9.63. The number of benzene rings is 1. The van der Waals surface area contributed by atoms with Crippen LogP contribution in [0.25, 0.3) is 0 Å². The second-order valence-electron chi connectivity index (χ2n) is 4.40. The highest BCUT2D eigenvalue weighted by atomic mass is 16.7. The molecule has 5 nitrogen and oxygen atoms in total. The summed E-state index contributed by atoms with van der Waals surface area (Å²) in [5, 5.41) is 4.22. The summed E-state index contributed by atoms with van der Waals surface area (Å²) in [4.78, 5) is 18.8. The lowest BCUT2D eigenvalue weighted by Crippen LogP contribution is -2.15. The molecular weight excluding hydrogens is 256 g/mol. The second kappa shape index (κ2) is 6.23. The highest BCUT2D eigenvalue weighted by Crippen LogP contribution is 2.14. The maximum atomic E-state index is 11.8. The van der Waals surface area contributed by atoms with Gasteiger partial charge in [0.15, 0.2) is 0 Å². The zero-order valence-electron chi connectivity index (χ0n) is 11.9. The summed E-state index contributed by atoms with van der Waals surface area (Å²) in [6.07, 6.45) is 0. The van der Waals surface area contributed by atoms with Gasteiger partial charge >= 0.3 is 5.97 Å². The third kappa shape index (κ3) is 2.99. The minimum absolute atomic E-state index is 0.341. The Hall–Kier alpha value is -2.30. The van der Waals surface area contributed by atoms with Crippen molar-refractivity contribution in [3.8, 4) is 0 Å². The molecule has 0 amide bonds. The molecule has 0 N–H and O–H groups in total. The van der Waals surface area contributed by atoms with Crippen LogP contribution in [0.4, 0.5) is 0 Å². The van der Waals surface area contributed by atoms with E-state index >= 15 is 0 Å². The first-order valence-corrected chi connectivity index (χ1v) is 6.54. The van der Waals surface area contributed by atoms with Crippen molar-refractivity contribution < 1.29 is 14.4 Å². The number of carbonyl (C=O) groups excluding carboxylic acids is 1. The molecule has 2 aromatic rings. The van der Waals surface area contributed by atoms with E-state index in [1.54, 1.807) is 20.8 Å². The molecule has 0 spiro atoms. The molecule has 106 valence electrons. The number of aryl methyl sites for hydroxylation is 1. The lowest BCUT2D eigenvalue weighted by molar-refractivity contribution is 0.0510. The van der Waals surface area contributed by atoms with Crippen LogP contribution < -0.4 is 4.84 Å². The predicted molar refractivity (Wildman–Crippen MR) is 74.4 cm³/mol. The molecule has 1 aromatic carbocycles. The maximum Gasteiger partial charge on any atom is 0.342 e. The zero-order chi connectivity index (χ0) is 14.5. The van der Waals surface area contributed by atoms with Crippen LogP contribution in [-0.4, -0.2) is 22.5 Å². The molecule has 0 bridgehead atoms. The smallest absolute Gasteiger partial charge is 0.342 e. The van der Waals surface area contributed by atoms with E-state index < -0.39 is 0 Å². The molecule has 20 heavy (non-hydrogen) atoms. The highest BCUT2D eigenvalue weighted by Gasteiger charge is 2.20. The Morgan fingerprint density at radius 1 is 1.25 bits per heavy atom. The van der Waals surface area contributed by atoms with Crippen LogP contribution in [0, 0.1) is 13.8 Å². The van der Waals surface area contributed by atoms with E-state index in [1.165, 1.54) is 4.85 Å². The van der Waals surface area contributed by atoms with E-state index in [9.17, 15) is 4.79 Å². The summed E-state index contributed by atoms with van der Waals surface area (Å²) in [6.45, 7) is 6.07. The normalized spacial score (nSPS) is 10.3. The van der Waals surface area contributed by atoms with Crippen molar-refractivity contribution in [3.63, 3.8) is 0 Å². The number of nitrogens with zero attached hydrogens (tertiary/aromatic N) is 2. The van der Waals surface area contributed by atoms with Crippen LogP contribution in [0.3, 0.4) is 0 Å². The van der Waals surface area contributed by atoms with Crippen LogP contribution in [-0.2, 0) is 11.3 Å². The largest absolute Gasteiger partial charge is 0.462 e. The van der Waals surface area contributed by atoms with E-state index in [0.717, 1.165) is 5.56 Å². The Morgan fingerprint density at radius 2 is 1.95 bits per heavy atom. The van der Waals surface area contributed by atoms with Crippen molar-refractivity contribution >= 4 is 5.97 Å². The molecule has 0 fully saturated rings. The topological polar surface area (TPSA) is 53.3 Å². The van der Waals surface area contributed by atoms with Crippen molar-refractivity contribution in [1.82, 2.24) is 9.94 Å². The molecule has 5 heteroatoms. The van der Waals surface area contributed by atoms with E-state index in [0.29, 0.717) is 30.2 Å². The SMILES string of the molecule is CCOC(=O)c1c(C)nn(OCc2ccccc2)c1C. The van der Waals surface area contributed by atoms with Crippen LogP contribution >= 0.6 is 0 Å². The minimum Gasteiger partial charge on any atom is -0.462 e. The van der Waals surface area contributed by atoms with Crippen molar-refractivity contribution in [3.05, 3.63) is 52.8 Å². The van der Waals surface area contributed by atoms with E-state index in [-0.39, 0.29) is 5.97 Å². The average Bonchev–Trinajstić information content (AvgIpc) is 2.72. The first-order valence-electron chi connectivity index (χ1n) is 6.54. The van der Waals surface area contributed by atoms with Gasteiger partial charge < -0.3 is 9.57 Å². The third-order valence-electron chi connectivity index (χ3n) is 2.93. The average molecular weight is 274 g/mol. The van der Waals surface area contributed by atoms with Gasteiger partial charge in [-0.25, -0.2) is 4.79 Å². The zero-order valence-corrected chi connectivity index (χ0v) is 11.9. The lowest BCUT2D eigenvalue weighted by Gasteiger charge is -2.07. The number of esters is 1. The first kappa shape index (κ1) is 14.1. The number of hydrogen-bond donors (Lipinski definition) is 0. The fourth-order valence-electron chi connectivity index (χ4n) is 1.95. The number of aromatic nitrogens is 2. The van der Waals surface area contributed by atoms with E-state index in [1.807, 2.05) is 30.3 Å². The van der Waals surface area contributed by atoms with Gasteiger partial charge in [0.1, 0.15) is 12.2 Å². The van der Waals surface area contributed by atoms with Crippen LogP contribution in [0.2, 0.25) is 0 Å². The fraction of sp³-hybridized carbons (Fsp3) is 0.333. The summed E-state index contributed by atoms with van der Waals surface area (Å²) < 4.78 is 5.02. The summed E-state index contributed by atoms with van der Waals surface area (Å²) in [7, 11) is 0. The molecule has 2 rings (SSSR count). The standard InChI is InChI=1S/C15H18N2O3/c1-4-19-15(18)14-11(2)16-17(12(14)3)20-10-13-8-6-5-7-9-13/h5-9H,4,10H2,1-3H3. The molecule has 1 aromatic heterocycles. The Bertz CT molecular complexity index is 591. The summed E-state index contributed by atoms with van der Waals surface area (Å²) in [6, 6.07) is 9.79. The molecule has 1 heterocycles. The van der Waals surface area contributed by atoms with Crippen LogP contribution in [0.1, 0.15) is 34.2 Å². The monoisotopic (exact) mass is 274 g/mol. The number of ether oxygens (including phenoxy) is 1. The quantitative estimate of drug-likeness (QED) is 0.785. The van der Waals surface area contributed by atoms with Gasteiger partial charge in [0.05, 0.1) is 18.0 Å². The van der Waals surface area contributed by atoms with Gasteiger partial charge in [-0.05, 0) is 26.3 Å². The fourth-order valence-corrected chi connectivity index (χ4v) is 1.95. The van der Waals surface area contributed by atoms with Crippen molar-refractivity contribution in [2.45, 2.75) is 27.4 Å². The molecule has 0 saturated heterocycles. The van der Waals surface area contributed by atoms with Crippen molar-refractivity contribution in [1.29, 1.82) is 0 Å². The third-order valence-corrected chi connectivity index (χ3v) is 2.93. The van der Waals surface area contributed by atoms with Gasteiger partial charge in [-0.1, -0.05) is 30.3 Å². The van der Waals surface area contributed by atoms with Gasteiger partial charge in [0.25, 0.3) is 0 Å². The predicted octanol–water partition coefficient (Wildman–Crippen LogP) is 2.31. The molecule has 0 aliphatic rings. The van der Waals surface area contributed by atoms with Crippen molar-refractivity contribution in [2.24, 2.45) is 0 Å². The Balaban J connectivity index is 2.13. The molecule has 0 aliphatic heterocycles.